The maximum Gasteiger partial charge on any atom is 0.126 e. The van der Waals surface area contributed by atoms with E-state index < -0.39 is 0 Å². The van der Waals surface area contributed by atoms with Gasteiger partial charge in [0.05, 0.1) is 0 Å². The fraction of sp³-hybridized carbons (Fsp3) is 0.500. The van der Waals surface area contributed by atoms with Gasteiger partial charge in [-0.25, -0.2) is 4.39 Å². The Morgan fingerprint density at radius 2 is 2.00 bits per heavy atom. The molecule has 2 unspecified atom stereocenters. The van der Waals surface area contributed by atoms with Gasteiger partial charge < -0.3 is 0 Å². The Bertz CT molecular complexity index is 285. The Balaban J connectivity index is 2.64. The van der Waals surface area contributed by atoms with Crippen molar-refractivity contribution < 1.29 is 4.39 Å². The molecular formula is C12H16BrF. The van der Waals surface area contributed by atoms with Crippen LogP contribution in [0.1, 0.15) is 25.8 Å². The molecule has 78 valence electrons. The number of benzene rings is 1. The number of alkyl halides is 1. The largest absolute Gasteiger partial charge is 0.207 e. The topological polar surface area (TPSA) is 0 Å². The van der Waals surface area contributed by atoms with Crippen LogP contribution in [0.4, 0.5) is 4.39 Å². The summed E-state index contributed by atoms with van der Waals surface area (Å²) in [5, 5.41) is 0. The third-order valence-corrected chi connectivity index (χ3v) is 3.86. The summed E-state index contributed by atoms with van der Waals surface area (Å²) in [4.78, 5) is 0.365. The second kappa shape index (κ2) is 5.50. The molecule has 0 amide bonds. The second-order valence-electron chi connectivity index (χ2n) is 3.70. The van der Waals surface area contributed by atoms with Gasteiger partial charge in [-0.1, -0.05) is 54.4 Å². The predicted octanol–water partition coefficient (Wildman–Crippen LogP) is 4.18. The first kappa shape index (κ1) is 11.7. The third kappa shape index (κ3) is 3.09. The van der Waals surface area contributed by atoms with Crippen molar-refractivity contribution in [1.82, 2.24) is 0 Å². The lowest BCUT2D eigenvalue weighted by Crippen LogP contribution is -2.13. The van der Waals surface area contributed by atoms with Crippen LogP contribution in [0.5, 0.6) is 0 Å². The molecule has 0 nitrogen and oxygen atoms in total. The zero-order chi connectivity index (χ0) is 10.6. The molecule has 2 heteroatoms. The summed E-state index contributed by atoms with van der Waals surface area (Å²) < 4.78 is 13.3. The van der Waals surface area contributed by atoms with E-state index in [0.29, 0.717) is 10.7 Å². The summed E-state index contributed by atoms with van der Waals surface area (Å²) in [6.45, 7) is 4.33. The lowest BCUT2D eigenvalue weighted by molar-refractivity contribution is 0.526. The molecule has 1 rings (SSSR count). The Morgan fingerprint density at radius 3 is 2.57 bits per heavy atom. The van der Waals surface area contributed by atoms with E-state index in [1.807, 2.05) is 12.1 Å². The Kier molecular flexibility index (Phi) is 4.59. The zero-order valence-corrected chi connectivity index (χ0v) is 10.2. The summed E-state index contributed by atoms with van der Waals surface area (Å²) in [6.07, 6.45) is 1.88. The van der Waals surface area contributed by atoms with Crippen molar-refractivity contribution in [3.8, 4) is 0 Å². The maximum absolute atomic E-state index is 13.3. The van der Waals surface area contributed by atoms with Gasteiger partial charge in [-0.2, -0.15) is 0 Å². The lowest BCUT2D eigenvalue weighted by atomic mass is 9.99. The van der Waals surface area contributed by atoms with Gasteiger partial charge in [0, 0.05) is 4.83 Å². The molecule has 0 spiro atoms. The SMILES string of the molecule is CCC(C)C(Br)Cc1ccccc1F. The van der Waals surface area contributed by atoms with E-state index in [1.54, 1.807) is 6.07 Å². The van der Waals surface area contributed by atoms with Gasteiger partial charge in [0.15, 0.2) is 0 Å². The highest BCUT2D eigenvalue weighted by molar-refractivity contribution is 9.09. The monoisotopic (exact) mass is 258 g/mol. The van der Waals surface area contributed by atoms with E-state index in [0.717, 1.165) is 18.4 Å². The summed E-state index contributed by atoms with van der Waals surface area (Å²) in [6, 6.07) is 6.98. The molecule has 1 aromatic carbocycles. The molecule has 0 fully saturated rings. The van der Waals surface area contributed by atoms with E-state index >= 15 is 0 Å². The number of hydrogen-bond donors (Lipinski definition) is 0. The molecule has 0 radical (unpaired) electrons. The standard InChI is InChI=1S/C12H16BrF/c1-3-9(2)11(13)8-10-6-4-5-7-12(10)14/h4-7,9,11H,3,8H2,1-2H3. The van der Waals surface area contributed by atoms with Gasteiger partial charge >= 0.3 is 0 Å². The van der Waals surface area contributed by atoms with Crippen molar-refractivity contribution in [2.45, 2.75) is 31.5 Å². The molecule has 0 aromatic heterocycles. The van der Waals surface area contributed by atoms with Crippen molar-refractivity contribution >= 4 is 15.9 Å². The molecule has 0 bridgehead atoms. The smallest absolute Gasteiger partial charge is 0.126 e. The summed E-state index contributed by atoms with van der Waals surface area (Å²) in [7, 11) is 0. The first-order chi connectivity index (χ1) is 6.65. The summed E-state index contributed by atoms with van der Waals surface area (Å²) in [5.74, 6) is 0.481. The molecular weight excluding hydrogens is 243 g/mol. The average molecular weight is 259 g/mol. The van der Waals surface area contributed by atoms with E-state index in [-0.39, 0.29) is 5.82 Å². The van der Waals surface area contributed by atoms with Crippen molar-refractivity contribution in [3.05, 3.63) is 35.6 Å². The molecule has 0 saturated carbocycles. The highest BCUT2D eigenvalue weighted by Gasteiger charge is 2.14. The summed E-state index contributed by atoms with van der Waals surface area (Å²) in [5.41, 5.74) is 0.801. The third-order valence-electron chi connectivity index (χ3n) is 2.63. The van der Waals surface area contributed by atoms with Crippen LogP contribution in [0.15, 0.2) is 24.3 Å². The lowest BCUT2D eigenvalue weighted by Gasteiger charge is -2.16. The molecule has 0 aliphatic carbocycles. The van der Waals surface area contributed by atoms with Crippen LogP contribution in [0.2, 0.25) is 0 Å². The molecule has 2 atom stereocenters. The Hall–Kier alpha value is -0.370. The normalized spacial score (nSPS) is 15.1. The highest BCUT2D eigenvalue weighted by Crippen LogP contribution is 2.21. The fourth-order valence-electron chi connectivity index (χ4n) is 1.33. The Labute approximate surface area is 93.7 Å². The van der Waals surface area contributed by atoms with Crippen LogP contribution in [0, 0.1) is 11.7 Å². The summed E-state index contributed by atoms with van der Waals surface area (Å²) >= 11 is 3.61. The van der Waals surface area contributed by atoms with Crippen LogP contribution in [-0.4, -0.2) is 4.83 Å². The number of halogens is 2. The van der Waals surface area contributed by atoms with E-state index in [4.69, 9.17) is 0 Å². The van der Waals surface area contributed by atoms with Crippen molar-refractivity contribution in [3.63, 3.8) is 0 Å². The van der Waals surface area contributed by atoms with Crippen molar-refractivity contribution in [2.24, 2.45) is 5.92 Å². The van der Waals surface area contributed by atoms with E-state index in [2.05, 4.69) is 29.8 Å². The minimum atomic E-state index is -0.0970. The van der Waals surface area contributed by atoms with Gasteiger partial charge in [-0.05, 0) is 24.0 Å². The molecule has 14 heavy (non-hydrogen) atoms. The first-order valence-corrected chi connectivity index (χ1v) is 5.94. The van der Waals surface area contributed by atoms with Gasteiger partial charge in [0.25, 0.3) is 0 Å². The first-order valence-electron chi connectivity index (χ1n) is 5.02. The molecule has 0 heterocycles. The minimum absolute atomic E-state index is 0.0970. The van der Waals surface area contributed by atoms with Crippen molar-refractivity contribution in [2.75, 3.05) is 0 Å². The maximum atomic E-state index is 13.3. The van der Waals surface area contributed by atoms with Gasteiger partial charge in [0.1, 0.15) is 5.82 Å². The van der Waals surface area contributed by atoms with Crippen LogP contribution in [-0.2, 0) is 6.42 Å². The molecule has 0 aliphatic rings. The van der Waals surface area contributed by atoms with Crippen LogP contribution >= 0.6 is 15.9 Å². The van der Waals surface area contributed by atoms with E-state index in [9.17, 15) is 4.39 Å². The van der Waals surface area contributed by atoms with Crippen LogP contribution in [0.3, 0.4) is 0 Å². The average Bonchev–Trinajstić information content (AvgIpc) is 2.20. The molecule has 0 aliphatic heterocycles. The van der Waals surface area contributed by atoms with Gasteiger partial charge in [-0.15, -0.1) is 0 Å². The fourth-order valence-corrected chi connectivity index (χ4v) is 2.05. The van der Waals surface area contributed by atoms with E-state index in [1.165, 1.54) is 6.07 Å². The van der Waals surface area contributed by atoms with Crippen LogP contribution < -0.4 is 0 Å². The van der Waals surface area contributed by atoms with Gasteiger partial charge in [-0.3, -0.25) is 0 Å². The zero-order valence-electron chi connectivity index (χ0n) is 8.63. The number of rotatable bonds is 4. The second-order valence-corrected chi connectivity index (χ2v) is 4.87. The minimum Gasteiger partial charge on any atom is -0.207 e. The molecule has 1 aromatic rings. The predicted molar refractivity (Wildman–Crippen MR) is 62.3 cm³/mol. The van der Waals surface area contributed by atoms with Crippen molar-refractivity contribution in [1.29, 1.82) is 0 Å². The number of hydrogen-bond acceptors (Lipinski definition) is 0. The molecule has 0 N–H and O–H groups in total. The van der Waals surface area contributed by atoms with Crippen LogP contribution in [0.25, 0.3) is 0 Å². The Morgan fingerprint density at radius 1 is 1.36 bits per heavy atom. The molecule has 0 saturated heterocycles. The van der Waals surface area contributed by atoms with Gasteiger partial charge in [0.2, 0.25) is 0 Å². The quantitative estimate of drug-likeness (QED) is 0.711. The highest BCUT2D eigenvalue weighted by atomic mass is 79.9.